The number of nitrogens with zero attached hydrogens (tertiary/aromatic N) is 1. The SMILES string of the molecule is Cc1nc2c(Cl)c(Cl)c(Br)cc2c(N)c1C(C)C. The molecule has 0 saturated carbocycles. The van der Waals surface area contributed by atoms with Crippen LogP contribution in [0.1, 0.15) is 31.0 Å². The summed E-state index contributed by atoms with van der Waals surface area (Å²) in [7, 11) is 0. The fourth-order valence-electron chi connectivity index (χ4n) is 2.20. The van der Waals surface area contributed by atoms with E-state index in [-0.39, 0.29) is 0 Å². The van der Waals surface area contributed by atoms with Crippen molar-refractivity contribution < 1.29 is 0 Å². The molecule has 0 atom stereocenters. The molecule has 0 unspecified atom stereocenters. The zero-order chi connectivity index (χ0) is 13.6. The Morgan fingerprint density at radius 1 is 1.28 bits per heavy atom. The minimum absolute atomic E-state index is 0.315. The molecule has 18 heavy (non-hydrogen) atoms. The summed E-state index contributed by atoms with van der Waals surface area (Å²) in [5.41, 5.74) is 9.59. The fraction of sp³-hybridized carbons (Fsp3) is 0.308. The van der Waals surface area contributed by atoms with Crippen molar-refractivity contribution in [2.45, 2.75) is 26.7 Å². The predicted octanol–water partition coefficient (Wildman–Crippen LogP) is 5.32. The van der Waals surface area contributed by atoms with Gasteiger partial charge in [-0.05, 0) is 40.4 Å². The van der Waals surface area contributed by atoms with Gasteiger partial charge < -0.3 is 5.73 Å². The van der Waals surface area contributed by atoms with E-state index in [2.05, 4.69) is 34.8 Å². The minimum atomic E-state index is 0.315. The Kier molecular flexibility index (Phi) is 3.77. The zero-order valence-electron chi connectivity index (χ0n) is 10.3. The largest absolute Gasteiger partial charge is 0.398 e. The maximum Gasteiger partial charge on any atom is 0.0928 e. The summed E-state index contributed by atoms with van der Waals surface area (Å²) >= 11 is 15.7. The Morgan fingerprint density at radius 2 is 1.89 bits per heavy atom. The van der Waals surface area contributed by atoms with Crippen molar-refractivity contribution in [1.29, 1.82) is 0 Å². The van der Waals surface area contributed by atoms with E-state index in [4.69, 9.17) is 28.9 Å². The summed E-state index contributed by atoms with van der Waals surface area (Å²) < 4.78 is 0.730. The Hall–Kier alpha value is -0.510. The van der Waals surface area contributed by atoms with Gasteiger partial charge in [-0.3, -0.25) is 4.98 Å². The molecular formula is C13H13BrCl2N2. The van der Waals surface area contributed by atoms with Crippen LogP contribution in [0.2, 0.25) is 10.0 Å². The van der Waals surface area contributed by atoms with Gasteiger partial charge in [-0.15, -0.1) is 0 Å². The van der Waals surface area contributed by atoms with Gasteiger partial charge in [0.2, 0.25) is 0 Å². The lowest BCUT2D eigenvalue weighted by Crippen LogP contribution is -2.03. The summed E-state index contributed by atoms with van der Waals surface area (Å²) in [6, 6.07) is 1.87. The number of hydrogen-bond donors (Lipinski definition) is 1. The predicted molar refractivity (Wildman–Crippen MR) is 82.7 cm³/mol. The standard InChI is InChI=1S/C13H13BrCl2N2/c1-5(2)9-6(3)18-13-7(12(9)17)4-8(14)10(15)11(13)16/h4-5H,1-3H3,(H2,17,18). The van der Waals surface area contributed by atoms with E-state index >= 15 is 0 Å². The van der Waals surface area contributed by atoms with Crippen molar-refractivity contribution in [3.8, 4) is 0 Å². The first-order valence-corrected chi connectivity index (χ1v) is 7.12. The number of hydrogen-bond acceptors (Lipinski definition) is 2. The van der Waals surface area contributed by atoms with Gasteiger partial charge in [-0.25, -0.2) is 0 Å². The summed E-state index contributed by atoms with van der Waals surface area (Å²) in [6.45, 7) is 6.13. The molecule has 96 valence electrons. The lowest BCUT2D eigenvalue weighted by atomic mass is 9.97. The van der Waals surface area contributed by atoms with E-state index in [1.165, 1.54) is 0 Å². The molecule has 0 amide bonds. The van der Waals surface area contributed by atoms with Crippen LogP contribution >= 0.6 is 39.1 Å². The van der Waals surface area contributed by atoms with Gasteiger partial charge >= 0.3 is 0 Å². The van der Waals surface area contributed by atoms with Crippen molar-refractivity contribution in [1.82, 2.24) is 4.98 Å². The number of fused-ring (bicyclic) bond motifs is 1. The first-order valence-electron chi connectivity index (χ1n) is 5.57. The maximum absolute atomic E-state index is 6.25. The number of anilines is 1. The van der Waals surface area contributed by atoms with Gasteiger partial charge in [-0.1, -0.05) is 37.0 Å². The number of aromatic nitrogens is 1. The molecule has 0 aliphatic carbocycles. The fourth-order valence-corrected chi connectivity index (χ4v) is 3.13. The maximum atomic E-state index is 6.25. The van der Waals surface area contributed by atoms with Crippen LogP contribution in [0.4, 0.5) is 5.69 Å². The number of benzene rings is 1. The van der Waals surface area contributed by atoms with Gasteiger partial charge in [0.15, 0.2) is 0 Å². The van der Waals surface area contributed by atoms with Crippen molar-refractivity contribution in [2.24, 2.45) is 0 Å². The van der Waals surface area contributed by atoms with E-state index < -0.39 is 0 Å². The highest BCUT2D eigenvalue weighted by atomic mass is 79.9. The highest BCUT2D eigenvalue weighted by molar-refractivity contribution is 9.10. The summed E-state index contributed by atoms with van der Waals surface area (Å²) in [5, 5.41) is 1.74. The van der Waals surface area contributed by atoms with Crippen LogP contribution in [0.5, 0.6) is 0 Å². The van der Waals surface area contributed by atoms with Gasteiger partial charge in [0, 0.05) is 21.2 Å². The molecule has 0 spiro atoms. The van der Waals surface area contributed by atoms with Crippen LogP contribution in [0, 0.1) is 6.92 Å². The first kappa shape index (κ1) is 13.9. The number of pyridine rings is 1. The quantitative estimate of drug-likeness (QED) is 0.709. The molecule has 1 aromatic heterocycles. The lowest BCUT2D eigenvalue weighted by Gasteiger charge is -2.16. The molecule has 2 rings (SSSR count). The van der Waals surface area contributed by atoms with Crippen molar-refractivity contribution in [2.75, 3.05) is 5.73 Å². The lowest BCUT2D eigenvalue weighted by molar-refractivity contribution is 0.851. The van der Waals surface area contributed by atoms with E-state index in [1.54, 1.807) is 0 Å². The van der Waals surface area contributed by atoms with E-state index in [0.29, 0.717) is 21.5 Å². The number of nitrogens with two attached hydrogens (primary N) is 1. The molecule has 0 radical (unpaired) electrons. The van der Waals surface area contributed by atoms with Crippen LogP contribution in [0.15, 0.2) is 10.5 Å². The zero-order valence-corrected chi connectivity index (χ0v) is 13.4. The van der Waals surface area contributed by atoms with Crippen LogP contribution in [-0.2, 0) is 0 Å². The molecular weight excluding hydrogens is 335 g/mol. The third kappa shape index (κ3) is 2.09. The van der Waals surface area contributed by atoms with Crippen LogP contribution in [0.3, 0.4) is 0 Å². The average Bonchev–Trinajstić information content (AvgIpc) is 2.28. The molecule has 0 aliphatic rings. The van der Waals surface area contributed by atoms with Crippen LogP contribution in [0.25, 0.3) is 10.9 Å². The highest BCUT2D eigenvalue weighted by Gasteiger charge is 2.17. The number of nitrogen functional groups attached to an aromatic ring is 1. The minimum Gasteiger partial charge on any atom is -0.398 e. The first-order chi connectivity index (χ1) is 8.34. The Morgan fingerprint density at radius 3 is 2.44 bits per heavy atom. The Bertz CT molecular complexity index is 639. The molecule has 0 fully saturated rings. The van der Waals surface area contributed by atoms with Gasteiger partial charge in [0.05, 0.1) is 15.6 Å². The third-order valence-electron chi connectivity index (χ3n) is 2.96. The molecule has 2 nitrogen and oxygen atoms in total. The van der Waals surface area contributed by atoms with Crippen molar-refractivity contribution in [3.63, 3.8) is 0 Å². The normalized spacial score (nSPS) is 11.5. The van der Waals surface area contributed by atoms with Crippen LogP contribution in [-0.4, -0.2) is 4.98 Å². The topological polar surface area (TPSA) is 38.9 Å². The van der Waals surface area contributed by atoms with Gasteiger partial charge in [0.1, 0.15) is 0 Å². The molecule has 2 aromatic rings. The second-order valence-corrected chi connectivity index (χ2v) is 6.17. The van der Waals surface area contributed by atoms with Gasteiger partial charge in [0.25, 0.3) is 0 Å². The average molecular weight is 348 g/mol. The molecule has 0 aliphatic heterocycles. The van der Waals surface area contributed by atoms with Crippen molar-refractivity contribution >= 4 is 55.7 Å². The number of halogens is 3. The molecule has 0 saturated heterocycles. The Labute approximate surface area is 125 Å². The highest BCUT2D eigenvalue weighted by Crippen LogP contribution is 2.40. The summed E-state index contributed by atoms with van der Waals surface area (Å²) in [6.07, 6.45) is 0. The second kappa shape index (κ2) is 4.87. The van der Waals surface area contributed by atoms with E-state index in [1.807, 2.05) is 13.0 Å². The monoisotopic (exact) mass is 346 g/mol. The second-order valence-electron chi connectivity index (χ2n) is 4.56. The molecule has 1 heterocycles. The van der Waals surface area contributed by atoms with E-state index in [9.17, 15) is 0 Å². The third-order valence-corrected chi connectivity index (χ3v) is 4.67. The number of aryl methyl sites for hydroxylation is 1. The van der Waals surface area contributed by atoms with E-state index in [0.717, 1.165) is 26.8 Å². The molecule has 2 N–H and O–H groups in total. The Balaban J connectivity index is 2.96. The molecule has 0 bridgehead atoms. The van der Waals surface area contributed by atoms with Gasteiger partial charge in [-0.2, -0.15) is 0 Å². The smallest absolute Gasteiger partial charge is 0.0928 e. The van der Waals surface area contributed by atoms with Crippen LogP contribution < -0.4 is 5.73 Å². The molecule has 5 heteroatoms. The van der Waals surface area contributed by atoms with Crippen molar-refractivity contribution in [3.05, 3.63) is 31.8 Å². The summed E-state index contributed by atoms with van der Waals surface area (Å²) in [5.74, 6) is 0.315. The molecule has 1 aromatic carbocycles. The number of rotatable bonds is 1. The summed E-state index contributed by atoms with van der Waals surface area (Å²) in [4.78, 5) is 4.54.